The van der Waals surface area contributed by atoms with Crippen LogP contribution < -0.4 is 20.1 Å². The maximum atomic E-state index is 12.5. The summed E-state index contributed by atoms with van der Waals surface area (Å²) < 4.78 is 10.4. The Balaban J connectivity index is 1.49. The quantitative estimate of drug-likeness (QED) is 0.751. The zero-order chi connectivity index (χ0) is 19.2. The molecule has 0 spiro atoms. The van der Waals surface area contributed by atoms with E-state index in [-0.39, 0.29) is 23.7 Å². The van der Waals surface area contributed by atoms with Crippen LogP contribution in [0.1, 0.15) is 12.0 Å². The number of anilines is 1. The molecule has 1 aliphatic carbocycles. The van der Waals surface area contributed by atoms with Gasteiger partial charge in [0.2, 0.25) is 11.8 Å². The van der Waals surface area contributed by atoms with Gasteiger partial charge >= 0.3 is 0 Å². The predicted octanol–water partition coefficient (Wildman–Crippen LogP) is 2.64. The Morgan fingerprint density at radius 1 is 1.00 bits per heavy atom. The van der Waals surface area contributed by atoms with Gasteiger partial charge in [-0.25, -0.2) is 0 Å². The summed E-state index contributed by atoms with van der Waals surface area (Å²) in [7, 11) is 3.10. The zero-order valence-electron chi connectivity index (χ0n) is 15.5. The van der Waals surface area contributed by atoms with Crippen molar-refractivity contribution in [1.82, 2.24) is 5.32 Å². The lowest BCUT2D eigenvalue weighted by molar-refractivity contribution is -0.125. The van der Waals surface area contributed by atoms with Gasteiger partial charge in [0, 0.05) is 12.6 Å². The van der Waals surface area contributed by atoms with Crippen molar-refractivity contribution in [1.29, 1.82) is 0 Å². The van der Waals surface area contributed by atoms with Gasteiger partial charge in [-0.1, -0.05) is 30.3 Å². The molecule has 2 N–H and O–H groups in total. The molecule has 2 amide bonds. The molecule has 27 heavy (non-hydrogen) atoms. The number of carbonyl (C=O) groups excluding carboxylic acids is 2. The Hall–Kier alpha value is -3.02. The van der Waals surface area contributed by atoms with Crippen molar-refractivity contribution in [3.8, 4) is 11.5 Å². The molecule has 2 aromatic rings. The number of methoxy groups -OCH3 is 2. The van der Waals surface area contributed by atoms with Crippen molar-refractivity contribution in [3.05, 3.63) is 54.1 Å². The number of nitrogens with one attached hydrogen (secondary N) is 2. The Labute approximate surface area is 158 Å². The second kappa shape index (κ2) is 8.58. The van der Waals surface area contributed by atoms with E-state index in [0.717, 1.165) is 6.42 Å². The van der Waals surface area contributed by atoms with E-state index in [0.29, 0.717) is 30.2 Å². The Bertz CT molecular complexity index is 807. The molecule has 0 aromatic heterocycles. The minimum absolute atomic E-state index is 0.0660. The summed E-state index contributed by atoms with van der Waals surface area (Å²) in [6.45, 7) is 0.567. The SMILES string of the molecule is COc1ccc(OC)c(NC(=O)C2CC2C(=O)NCCc2ccccc2)c1. The summed E-state index contributed by atoms with van der Waals surface area (Å²) in [5.74, 6) is 0.356. The highest BCUT2D eigenvalue weighted by Crippen LogP contribution is 2.40. The molecule has 2 aromatic carbocycles. The molecule has 142 valence electrons. The Morgan fingerprint density at radius 3 is 2.44 bits per heavy atom. The van der Waals surface area contributed by atoms with Crippen molar-refractivity contribution in [3.63, 3.8) is 0 Å². The maximum Gasteiger partial charge on any atom is 0.228 e. The summed E-state index contributed by atoms with van der Waals surface area (Å²) in [5, 5.41) is 5.76. The fourth-order valence-corrected chi connectivity index (χ4v) is 3.02. The van der Waals surface area contributed by atoms with E-state index in [2.05, 4.69) is 10.6 Å². The summed E-state index contributed by atoms with van der Waals surface area (Å²) in [6.07, 6.45) is 1.34. The van der Waals surface area contributed by atoms with E-state index in [1.807, 2.05) is 30.3 Å². The van der Waals surface area contributed by atoms with Gasteiger partial charge in [-0.2, -0.15) is 0 Å². The number of benzene rings is 2. The first-order valence-corrected chi connectivity index (χ1v) is 8.97. The first-order chi connectivity index (χ1) is 13.1. The topological polar surface area (TPSA) is 76.7 Å². The van der Waals surface area contributed by atoms with Gasteiger partial charge < -0.3 is 20.1 Å². The van der Waals surface area contributed by atoms with Crippen molar-refractivity contribution in [2.24, 2.45) is 11.8 Å². The van der Waals surface area contributed by atoms with E-state index in [9.17, 15) is 9.59 Å². The fourth-order valence-electron chi connectivity index (χ4n) is 3.02. The molecule has 1 aliphatic rings. The van der Waals surface area contributed by atoms with Crippen LogP contribution in [0.2, 0.25) is 0 Å². The summed E-state index contributed by atoms with van der Waals surface area (Å²) in [5.41, 5.74) is 1.71. The molecule has 2 atom stereocenters. The smallest absolute Gasteiger partial charge is 0.228 e. The monoisotopic (exact) mass is 368 g/mol. The van der Waals surface area contributed by atoms with Crippen LogP contribution in [0, 0.1) is 11.8 Å². The predicted molar refractivity (Wildman–Crippen MR) is 103 cm³/mol. The van der Waals surface area contributed by atoms with Crippen LogP contribution in [0.15, 0.2) is 48.5 Å². The van der Waals surface area contributed by atoms with Crippen LogP contribution in [0.5, 0.6) is 11.5 Å². The average molecular weight is 368 g/mol. The molecule has 1 saturated carbocycles. The number of rotatable bonds is 8. The van der Waals surface area contributed by atoms with Crippen LogP contribution in [0.4, 0.5) is 5.69 Å². The fraction of sp³-hybridized carbons (Fsp3) is 0.333. The van der Waals surface area contributed by atoms with Crippen LogP contribution in [-0.4, -0.2) is 32.6 Å². The lowest BCUT2D eigenvalue weighted by Gasteiger charge is -2.11. The lowest BCUT2D eigenvalue weighted by Crippen LogP contribution is -2.29. The van der Waals surface area contributed by atoms with Crippen LogP contribution >= 0.6 is 0 Å². The van der Waals surface area contributed by atoms with E-state index < -0.39 is 0 Å². The zero-order valence-corrected chi connectivity index (χ0v) is 15.5. The minimum atomic E-state index is -0.308. The minimum Gasteiger partial charge on any atom is -0.497 e. The molecule has 1 fully saturated rings. The second-order valence-corrected chi connectivity index (χ2v) is 6.53. The molecule has 0 bridgehead atoms. The molecular weight excluding hydrogens is 344 g/mol. The molecular formula is C21H24N2O4. The van der Waals surface area contributed by atoms with Crippen molar-refractivity contribution in [2.75, 3.05) is 26.1 Å². The second-order valence-electron chi connectivity index (χ2n) is 6.53. The first-order valence-electron chi connectivity index (χ1n) is 8.97. The average Bonchev–Trinajstić information content (AvgIpc) is 3.50. The van der Waals surface area contributed by atoms with E-state index in [1.54, 1.807) is 25.3 Å². The standard InChI is InChI=1S/C21H24N2O4/c1-26-15-8-9-19(27-2)18(12-15)23-21(25)17-13-16(17)20(24)22-11-10-14-6-4-3-5-7-14/h3-9,12,16-17H,10-11,13H2,1-2H3,(H,22,24)(H,23,25). The van der Waals surface area contributed by atoms with Gasteiger partial charge in [0.25, 0.3) is 0 Å². The van der Waals surface area contributed by atoms with Crippen molar-refractivity contribution < 1.29 is 19.1 Å². The largest absolute Gasteiger partial charge is 0.497 e. The summed E-state index contributed by atoms with van der Waals surface area (Å²) in [4.78, 5) is 24.7. The number of carbonyl (C=O) groups is 2. The van der Waals surface area contributed by atoms with E-state index >= 15 is 0 Å². The van der Waals surface area contributed by atoms with Gasteiger partial charge in [0.05, 0.1) is 31.7 Å². The molecule has 0 radical (unpaired) electrons. The van der Waals surface area contributed by atoms with Gasteiger partial charge in [0.15, 0.2) is 0 Å². The lowest BCUT2D eigenvalue weighted by atomic mass is 10.1. The summed E-state index contributed by atoms with van der Waals surface area (Å²) in [6, 6.07) is 15.2. The van der Waals surface area contributed by atoms with Crippen LogP contribution in [0.25, 0.3) is 0 Å². The van der Waals surface area contributed by atoms with Gasteiger partial charge in [-0.3, -0.25) is 9.59 Å². The maximum absolute atomic E-state index is 12.5. The van der Waals surface area contributed by atoms with E-state index in [4.69, 9.17) is 9.47 Å². The number of hydrogen-bond acceptors (Lipinski definition) is 4. The normalized spacial score (nSPS) is 17.7. The summed E-state index contributed by atoms with van der Waals surface area (Å²) >= 11 is 0. The highest BCUT2D eigenvalue weighted by atomic mass is 16.5. The van der Waals surface area contributed by atoms with Gasteiger partial charge in [-0.05, 0) is 30.5 Å². The third-order valence-electron chi connectivity index (χ3n) is 4.68. The van der Waals surface area contributed by atoms with Crippen LogP contribution in [-0.2, 0) is 16.0 Å². The first kappa shape index (κ1) is 18.8. The van der Waals surface area contributed by atoms with Gasteiger partial charge in [-0.15, -0.1) is 0 Å². The molecule has 6 heteroatoms. The highest BCUT2D eigenvalue weighted by molar-refractivity contribution is 6.00. The third-order valence-corrected chi connectivity index (χ3v) is 4.68. The molecule has 0 aliphatic heterocycles. The highest BCUT2D eigenvalue weighted by Gasteiger charge is 2.48. The van der Waals surface area contributed by atoms with E-state index in [1.165, 1.54) is 12.7 Å². The molecule has 2 unspecified atom stereocenters. The van der Waals surface area contributed by atoms with Crippen LogP contribution in [0.3, 0.4) is 0 Å². The number of hydrogen-bond donors (Lipinski definition) is 2. The Kier molecular flexibility index (Phi) is 5.96. The number of ether oxygens (including phenoxy) is 2. The Morgan fingerprint density at radius 2 is 1.74 bits per heavy atom. The molecule has 0 saturated heterocycles. The van der Waals surface area contributed by atoms with Gasteiger partial charge in [0.1, 0.15) is 11.5 Å². The molecule has 3 rings (SSSR count). The molecule has 6 nitrogen and oxygen atoms in total. The third kappa shape index (κ3) is 4.78. The molecule has 0 heterocycles. The van der Waals surface area contributed by atoms with Crippen molar-refractivity contribution in [2.45, 2.75) is 12.8 Å². The number of amides is 2. The van der Waals surface area contributed by atoms with Crippen molar-refractivity contribution >= 4 is 17.5 Å².